The number of amides is 1. The highest BCUT2D eigenvalue weighted by molar-refractivity contribution is 5.96. The zero-order valence-corrected chi connectivity index (χ0v) is 16.0. The SMILES string of the molecule is Cc1nc(CNC(=O)c2cnc3c(c2)ncn3C(C)C)nc2c1CCCC2. The third-order valence-corrected chi connectivity index (χ3v) is 5.07. The quantitative estimate of drug-likeness (QED) is 0.769. The highest BCUT2D eigenvalue weighted by Gasteiger charge is 2.16. The average Bonchev–Trinajstić information content (AvgIpc) is 3.09. The number of imidazole rings is 1. The summed E-state index contributed by atoms with van der Waals surface area (Å²) in [5.41, 5.74) is 5.46. The van der Waals surface area contributed by atoms with Crippen molar-refractivity contribution in [2.24, 2.45) is 0 Å². The molecule has 0 aromatic carbocycles. The van der Waals surface area contributed by atoms with Gasteiger partial charge in [0.25, 0.3) is 5.91 Å². The molecule has 0 saturated carbocycles. The molecule has 7 heteroatoms. The number of fused-ring (bicyclic) bond motifs is 2. The molecule has 4 rings (SSSR count). The third-order valence-electron chi connectivity index (χ3n) is 5.07. The number of nitrogens with zero attached hydrogens (tertiary/aromatic N) is 5. The van der Waals surface area contributed by atoms with Crippen molar-refractivity contribution >= 4 is 17.1 Å². The fraction of sp³-hybridized carbons (Fsp3) is 0.450. The van der Waals surface area contributed by atoms with Gasteiger partial charge in [-0.2, -0.15) is 0 Å². The second-order valence-corrected chi connectivity index (χ2v) is 7.35. The van der Waals surface area contributed by atoms with Crippen LogP contribution in [0.3, 0.4) is 0 Å². The number of aromatic nitrogens is 5. The zero-order chi connectivity index (χ0) is 19.0. The Kier molecular flexibility index (Phi) is 4.59. The maximum absolute atomic E-state index is 12.5. The second-order valence-electron chi connectivity index (χ2n) is 7.35. The van der Waals surface area contributed by atoms with Crippen LogP contribution in [-0.4, -0.2) is 30.4 Å². The van der Waals surface area contributed by atoms with Crippen molar-refractivity contribution in [2.75, 3.05) is 0 Å². The Labute approximate surface area is 158 Å². The van der Waals surface area contributed by atoms with Crippen LogP contribution in [0.25, 0.3) is 11.2 Å². The summed E-state index contributed by atoms with van der Waals surface area (Å²) in [6.07, 6.45) is 7.78. The molecule has 0 aliphatic heterocycles. The van der Waals surface area contributed by atoms with Crippen LogP contribution in [0.15, 0.2) is 18.6 Å². The minimum Gasteiger partial charge on any atom is -0.345 e. The normalized spacial score (nSPS) is 13.8. The highest BCUT2D eigenvalue weighted by Crippen LogP contribution is 2.21. The summed E-state index contributed by atoms with van der Waals surface area (Å²) in [5, 5.41) is 2.91. The molecular formula is C20H24N6O. The smallest absolute Gasteiger partial charge is 0.253 e. The van der Waals surface area contributed by atoms with Gasteiger partial charge in [0.1, 0.15) is 11.3 Å². The fourth-order valence-electron chi connectivity index (χ4n) is 3.61. The molecule has 0 unspecified atom stereocenters. The minimum absolute atomic E-state index is 0.192. The van der Waals surface area contributed by atoms with Gasteiger partial charge in [-0.15, -0.1) is 0 Å². The van der Waals surface area contributed by atoms with E-state index < -0.39 is 0 Å². The van der Waals surface area contributed by atoms with Crippen molar-refractivity contribution < 1.29 is 4.79 Å². The van der Waals surface area contributed by atoms with Gasteiger partial charge in [-0.25, -0.2) is 19.9 Å². The largest absolute Gasteiger partial charge is 0.345 e. The van der Waals surface area contributed by atoms with Crippen LogP contribution in [0.2, 0.25) is 0 Å². The molecule has 0 saturated heterocycles. The molecule has 3 aromatic heterocycles. The van der Waals surface area contributed by atoms with Crippen LogP contribution < -0.4 is 5.32 Å². The molecule has 1 aliphatic rings. The van der Waals surface area contributed by atoms with Crippen LogP contribution in [0.5, 0.6) is 0 Å². The molecule has 0 fully saturated rings. The lowest BCUT2D eigenvalue weighted by molar-refractivity contribution is 0.0949. The number of hydrogen-bond donors (Lipinski definition) is 1. The Hall–Kier alpha value is -2.83. The molecule has 1 N–H and O–H groups in total. The van der Waals surface area contributed by atoms with E-state index in [-0.39, 0.29) is 11.9 Å². The zero-order valence-electron chi connectivity index (χ0n) is 16.0. The highest BCUT2D eigenvalue weighted by atomic mass is 16.1. The maximum atomic E-state index is 12.5. The number of pyridine rings is 1. The van der Waals surface area contributed by atoms with Gasteiger partial charge in [-0.1, -0.05) is 0 Å². The topological polar surface area (TPSA) is 85.6 Å². The summed E-state index contributed by atoms with van der Waals surface area (Å²) in [6.45, 7) is 6.49. The predicted molar refractivity (Wildman–Crippen MR) is 102 cm³/mol. The van der Waals surface area contributed by atoms with Gasteiger partial charge in [0.2, 0.25) is 0 Å². The van der Waals surface area contributed by atoms with E-state index in [4.69, 9.17) is 0 Å². The van der Waals surface area contributed by atoms with Crippen LogP contribution in [0.4, 0.5) is 0 Å². The molecule has 3 heterocycles. The van der Waals surface area contributed by atoms with Crippen molar-refractivity contribution in [2.45, 2.75) is 59.0 Å². The maximum Gasteiger partial charge on any atom is 0.253 e. The van der Waals surface area contributed by atoms with Gasteiger partial charge in [-0.05, 0) is 58.1 Å². The molecule has 27 heavy (non-hydrogen) atoms. The lowest BCUT2D eigenvalue weighted by Gasteiger charge is -2.17. The second kappa shape index (κ2) is 7.06. The Balaban J connectivity index is 1.50. The molecule has 0 bridgehead atoms. The van der Waals surface area contributed by atoms with E-state index in [0.717, 1.165) is 35.4 Å². The molecule has 0 spiro atoms. The van der Waals surface area contributed by atoms with Crippen LogP contribution >= 0.6 is 0 Å². The van der Waals surface area contributed by atoms with Crippen LogP contribution in [0.1, 0.15) is 65.9 Å². The first-order valence-corrected chi connectivity index (χ1v) is 9.49. The molecule has 3 aromatic rings. The summed E-state index contributed by atoms with van der Waals surface area (Å²) in [4.78, 5) is 30.5. The lowest BCUT2D eigenvalue weighted by atomic mass is 9.95. The van der Waals surface area contributed by atoms with E-state index in [1.54, 1.807) is 18.6 Å². The molecule has 0 radical (unpaired) electrons. The van der Waals surface area contributed by atoms with E-state index >= 15 is 0 Å². The number of aryl methyl sites for hydroxylation is 2. The Bertz CT molecular complexity index is 1010. The summed E-state index contributed by atoms with van der Waals surface area (Å²) >= 11 is 0. The van der Waals surface area contributed by atoms with Gasteiger partial charge >= 0.3 is 0 Å². The van der Waals surface area contributed by atoms with Gasteiger partial charge in [0, 0.05) is 23.6 Å². The van der Waals surface area contributed by atoms with E-state index in [0.29, 0.717) is 17.9 Å². The molecular weight excluding hydrogens is 340 g/mol. The third kappa shape index (κ3) is 3.41. The van der Waals surface area contributed by atoms with E-state index in [9.17, 15) is 4.79 Å². The Morgan fingerprint density at radius 2 is 2.04 bits per heavy atom. The summed E-state index contributed by atoms with van der Waals surface area (Å²) in [5.74, 6) is 0.474. The van der Waals surface area contributed by atoms with E-state index in [1.165, 1.54) is 18.4 Å². The van der Waals surface area contributed by atoms with E-state index in [1.807, 2.05) is 11.5 Å². The standard InChI is InChI=1S/C20H24N6O/c1-12(2)26-11-23-17-8-14(9-21-19(17)26)20(27)22-10-18-24-13(3)15-6-4-5-7-16(15)25-18/h8-9,11-12H,4-7,10H2,1-3H3,(H,22,27). The fourth-order valence-corrected chi connectivity index (χ4v) is 3.61. The van der Waals surface area contributed by atoms with Crippen molar-refractivity contribution in [1.82, 2.24) is 29.8 Å². The molecule has 1 amide bonds. The van der Waals surface area contributed by atoms with Gasteiger partial charge in [0.05, 0.1) is 18.4 Å². The summed E-state index contributed by atoms with van der Waals surface area (Å²) in [7, 11) is 0. The van der Waals surface area contributed by atoms with Gasteiger partial charge in [0.15, 0.2) is 5.65 Å². The first-order chi connectivity index (χ1) is 13.0. The molecule has 140 valence electrons. The summed E-state index contributed by atoms with van der Waals surface area (Å²) < 4.78 is 1.99. The number of carbonyl (C=O) groups is 1. The lowest BCUT2D eigenvalue weighted by Crippen LogP contribution is -2.25. The molecule has 7 nitrogen and oxygen atoms in total. The Morgan fingerprint density at radius 1 is 1.22 bits per heavy atom. The van der Waals surface area contributed by atoms with Crippen LogP contribution in [-0.2, 0) is 19.4 Å². The number of hydrogen-bond acceptors (Lipinski definition) is 5. The minimum atomic E-state index is -0.192. The summed E-state index contributed by atoms with van der Waals surface area (Å²) in [6, 6.07) is 2.04. The predicted octanol–water partition coefficient (Wildman–Crippen LogP) is 2.92. The van der Waals surface area contributed by atoms with Crippen molar-refractivity contribution in [3.05, 3.63) is 46.9 Å². The number of nitrogens with one attached hydrogen (secondary N) is 1. The van der Waals surface area contributed by atoms with Gasteiger partial charge in [-0.3, -0.25) is 4.79 Å². The van der Waals surface area contributed by atoms with Gasteiger partial charge < -0.3 is 9.88 Å². The van der Waals surface area contributed by atoms with Crippen LogP contribution in [0, 0.1) is 6.92 Å². The average molecular weight is 364 g/mol. The van der Waals surface area contributed by atoms with Crippen molar-refractivity contribution in [1.29, 1.82) is 0 Å². The Morgan fingerprint density at radius 3 is 2.85 bits per heavy atom. The monoisotopic (exact) mass is 364 g/mol. The number of carbonyl (C=O) groups excluding carboxylic acids is 1. The molecule has 0 atom stereocenters. The number of rotatable bonds is 4. The first kappa shape index (κ1) is 17.6. The molecule has 1 aliphatic carbocycles. The van der Waals surface area contributed by atoms with Crippen molar-refractivity contribution in [3.8, 4) is 0 Å². The van der Waals surface area contributed by atoms with E-state index in [2.05, 4.69) is 39.1 Å². The van der Waals surface area contributed by atoms with Crippen molar-refractivity contribution in [3.63, 3.8) is 0 Å². The first-order valence-electron chi connectivity index (χ1n) is 9.49.